The van der Waals surface area contributed by atoms with E-state index in [1.165, 1.54) is 0 Å². The molecule has 0 saturated heterocycles. The molecule has 1 rings (SSSR count). The fourth-order valence-electron chi connectivity index (χ4n) is 1.43. The molecular weight excluding hydrogens is 288 g/mol. The highest BCUT2D eigenvalue weighted by atomic mass is 79.9. The van der Waals surface area contributed by atoms with Gasteiger partial charge >= 0.3 is 0 Å². The monoisotopic (exact) mass is 304 g/mol. The number of H-pyrrole nitrogens is 1. The fourth-order valence-corrected chi connectivity index (χ4v) is 2.29. The average molecular weight is 305 g/mol. The third kappa shape index (κ3) is 3.64. The van der Waals surface area contributed by atoms with Crippen LogP contribution in [-0.4, -0.2) is 23.7 Å². The van der Waals surface area contributed by atoms with Gasteiger partial charge in [0, 0.05) is 25.8 Å². The topological polar surface area (TPSA) is 37.9 Å². The molecule has 0 radical (unpaired) electrons. The first kappa shape index (κ1) is 13.8. The second kappa shape index (κ2) is 6.47. The molecule has 0 aliphatic heterocycles. The van der Waals surface area contributed by atoms with Gasteiger partial charge in [-0.25, -0.2) is 4.98 Å². The maximum absolute atomic E-state index is 5.22. The van der Waals surface area contributed by atoms with Crippen molar-refractivity contribution in [3.05, 3.63) is 20.6 Å². The molecule has 3 nitrogen and oxygen atoms in total. The minimum absolute atomic E-state index is 0.403. The predicted octanol–water partition coefficient (Wildman–Crippen LogP) is 3.60. The number of nitrogens with zero attached hydrogens (tertiary/aromatic N) is 1. The van der Waals surface area contributed by atoms with Gasteiger partial charge < -0.3 is 9.72 Å². The first-order chi connectivity index (χ1) is 7.56. The number of halogens is 1. The van der Waals surface area contributed by atoms with E-state index in [-0.39, 0.29) is 0 Å². The second-order valence-corrected chi connectivity index (χ2v) is 5.15. The molecule has 0 unspecified atom stereocenters. The van der Waals surface area contributed by atoms with E-state index < -0.39 is 0 Å². The Labute approximate surface area is 110 Å². The molecule has 0 saturated carbocycles. The summed E-state index contributed by atoms with van der Waals surface area (Å²) >= 11 is 8.69. The Morgan fingerprint density at radius 2 is 2.19 bits per heavy atom. The third-order valence-electron chi connectivity index (χ3n) is 2.28. The number of hydrogen-bond acceptors (Lipinski definition) is 3. The summed E-state index contributed by atoms with van der Waals surface area (Å²) in [5.41, 5.74) is 1.12. The van der Waals surface area contributed by atoms with Crippen LogP contribution < -0.4 is 0 Å². The van der Waals surface area contributed by atoms with Crippen molar-refractivity contribution >= 4 is 28.1 Å². The minimum Gasteiger partial charge on any atom is -0.385 e. The molecule has 1 aromatic rings. The van der Waals surface area contributed by atoms with E-state index in [9.17, 15) is 0 Å². The van der Waals surface area contributed by atoms with Crippen LogP contribution in [0, 0.1) is 4.64 Å². The van der Waals surface area contributed by atoms with Crippen LogP contribution in [0.3, 0.4) is 0 Å². The van der Waals surface area contributed by atoms with Crippen LogP contribution in [0.2, 0.25) is 0 Å². The number of methoxy groups -OCH3 is 1. The van der Waals surface area contributed by atoms with Crippen LogP contribution in [0.15, 0.2) is 4.47 Å². The van der Waals surface area contributed by atoms with Gasteiger partial charge in [0.2, 0.25) is 0 Å². The molecular formula is C11H17BrN2OS. The molecule has 5 heteroatoms. The zero-order valence-electron chi connectivity index (χ0n) is 9.84. The number of hydrogen-bond donors (Lipinski definition) is 1. The number of ether oxygens (including phenoxy) is 1. The standard InChI is InChI=1S/C11H17BrN2OS/c1-7(2)10-9(12)11(16)14-8(13-10)5-4-6-15-3/h7H,4-6H2,1-3H3,(H,13,14,16). The van der Waals surface area contributed by atoms with Gasteiger partial charge in [-0.1, -0.05) is 26.1 Å². The van der Waals surface area contributed by atoms with Crippen LogP contribution in [0.5, 0.6) is 0 Å². The molecule has 0 bridgehead atoms. The Morgan fingerprint density at radius 1 is 1.50 bits per heavy atom. The fraction of sp³-hybridized carbons (Fsp3) is 0.636. The molecule has 1 aromatic heterocycles. The van der Waals surface area contributed by atoms with Crippen molar-refractivity contribution in [2.45, 2.75) is 32.6 Å². The van der Waals surface area contributed by atoms with E-state index in [0.717, 1.165) is 35.4 Å². The summed E-state index contributed by atoms with van der Waals surface area (Å²) < 4.78 is 6.56. The highest BCUT2D eigenvalue weighted by molar-refractivity contribution is 9.10. The summed E-state index contributed by atoms with van der Waals surface area (Å²) in [5, 5.41) is 0. The van der Waals surface area contributed by atoms with Crippen molar-refractivity contribution in [1.29, 1.82) is 0 Å². The van der Waals surface area contributed by atoms with E-state index in [1.54, 1.807) is 7.11 Å². The Bertz CT molecular complexity index is 403. The lowest BCUT2D eigenvalue weighted by molar-refractivity contribution is 0.194. The zero-order chi connectivity index (χ0) is 12.1. The molecule has 1 N–H and O–H groups in total. The van der Waals surface area contributed by atoms with Crippen molar-refractivity contribution in [3.63, 3.8) is 0 Å². The van der Waals surface area contributed by atoms with Crippen LogP contribution in [0.1, 0.15) is 37.7 Å². The summed E-state index contributed by atoms with van der Waals surface area (Å²) in [4.78, 5) is 7.68. The first-order valence-electron chi connectivity index (χ1n) is 5.33. The molecule has 0 aromatic carbocycles. The molecule has 16 heavy (non-hydrogen) atoms. The van der Waals surface area contributed by atoms with Crippen LogP contribution in [-0.2, 0) is 11.2 Å². The lowest BCUT2D eigenvalue weighted by Crippen LogP contribution is -2.04. The Kier molecular flexibility index (Phi) is 5.58. The van der Waals surface area contributed by atoms with Gasteiger partial charge in [0.25, 0.3) is 0 Å². The largest absolute Gasteiger partial charge is 0.385 e. The Morgan fingerprint density at radius 3 is 2.75 bits per heavy atom. The smallest absolute Gasteiger partial charge is 0.144 e. The summed E-state index contributed by atoms with van der Waals surface area (Å²) in [5.74, 6) is 1.34. The normalized spacial score (nSPS) is 11.1. The predicted molar refractivity (Wildman–Crippen MR) is 71.4 cm³/mol. The van der Waals surface area contributed by atoms with Gasteiger partial charge in [-0.15, -0.1) is 0 Å². The second-order valence-electron chi connectivity index (χ2n) is 3.97. The van der Waals surface area contributed by atoms with Gasteiger partial charge in [0.05, 0.1) is 4.47 Å². The van der Waals surface area contributed by atoms with E-state index in [1.807, 2.05) is 0 Å². The Balaban J connectivity index is 2.91. The maximum atomic E-state index is 5.22. The zero-order valence-corrected chi connectivity index (χ0v) is 12.2. The van der Waals surface area contributed by atoms with Crippen LogP contribution >= 0.6 is 28.1 Å². The molecule has 0 amide bonds. The molecule has 0 aliphatic carbocycles. The Hall–Kier alpha value is -0.260. The van der Waals surface area contributed by atoms with Gasteiger partial charge in [0.1, 0.15) is 10.5 Å². The van der Waals surface area contributed by atoms with Crippen molar-refractivity contribution < 1.29 is 4.74 Å². The molecule has 0 fully saturated rings. The lowest BCUT2D eigenvalue weighted by atomic mass is 10.1. The summed E-state index contributed by atoms with van der Waals surface area (Å²) in [6.07, 6.45) is 1.82. The highest BCUT2D eigenvalue weighted by Crippen LogP contribution is 2.23. The molecule has 90 valence electrons. The van der Waals surface area contributed by atoms with Crippen molar-refractivity contribution in [1.82, 2.24) is 9.97 Å². The molecule has 1 heterocycles. The molecule has 0 aliphatic rings. The number of aromatic amines is 1. The summed E-state index contributed by atoms with van der Waals surface area (Å²) in [7, 11) is 1.71. The molecule has 0 spiro atoms. The van der Waals surface area contributed by atoms with Crippen molar-refractivity contribution in [3.8, 4) is 0 Å². The minimum atomic E-state index is 0.403. The summed E-state index contributed by atoms with van der Waals surface area (Å²) in [6.45, 7) is 5.00. The van der Waals surface area contributed by atoms with Gasteiger partial charge in [-0.3, -0.25) is 0 Å². The first-order valence-corrected chi connectivity index (χ1v) is 6.54. The maximum Gasteiger partial charge on any atom is 0.144 e. The van der Waals surface area contributed by atoms with E-state index in [2.05, 4.69) is 39.7 Å². The van der Waals surface area contributed by atoms with E-state index >= 15 is 0 Å². The SMILES string of the molecule is COCCCc1nc(=S)c(Br)c(C(C)C)[nH]1. The van der Waals surface area contributed by atoms with Gasteiger partial charge in [-0.05, 0) is 28.3 Å². The van der Waals surface area contributed by atoms with E-state index in [4.69, 9.17) is 17.0 Å². The highest BCUT2D eigenvalue weighted by Gasteiger charge is 2.09. The van der Waals surface area contributed by atoms with Crippen molar-refractivity contribution in [2.75, 3.05) is 13.7 Å². The molecule has 0 atom stereocenters. The summed E-state index contributed by atoms with van der Waals surface area (Å²) in [6, 6.07) is 0. The van der Waals surface area contributed by atoms with E-state index in [0.29, 0.717) is 10.6 Å². The quantitative estimate of drug-likeness (QED) is 0.667. The van der Waals surface area contributed by atoms with Gasteiger partial charge in [-0.2, -0.15) is 0 Å². The van der Waals surface area contributed by atoms with Crippen LogP contribution in [0.4, 0.5) is 0 Å². The average Bonchev–Trinajstić information content (AvgIpc) is 2.23. The van der Waals surface area contributed by atoms with Crippen LogP contribution in [0.25, 0.3) is 0 Å². The lowest BCUT2D eigenvalue weighted by Gasteiger charge is -2.11. The number of rotatable bonds is 5. The number of nitrogens with one attached hydrogen (secondary N) is 1. The number of aryl methyl sites for hydroxylation is 1. The van der Waals surface area contributed by atoms with Crippen molar-refractivity contribution in [2.24, 2.45) is 0 Å². The third-order valence-corrected chi connectivity index (χ3v) is 3.64. The van der Waals surface area contributed by atoms with Gasteiger partial charge in [0.15, 0.2) is 0 Å². The number of aromatic nitrogens is 2.